The summed E-state index contributed by atoms with van der Waals surface area (Å²) < 4.78 is 50.4. The first-order valence-electron chi connectivity index (χ1n) is 7.60. The number of aliphatic hydroxyl groups is 2. The topological polar surface area (TPSA) is 242 Å². The number of phosphoric acid groups is 3. The van der Waals surface area contributed by atoms with E-state index in [4.69, 9.17) is 19.4 Å². The molecule has 1 aliphatic rings. The Morgan fingerprint density at radius 3 is 2.21 bits per heavy atom. The van der Waals surface area contributed by atoms with Crippen LogP contribution in [-0.4, -0.2) is 59.7 Å². The second kappa shape index (κ2) is 8.77. The fourth-order valence-corrected chi connectivity index (χ4v) is 5.54. The SMILES string of the molecule is Cc1[nH]c(=O)ccc1[C@@H]1O[C@H](COP(=O)(O)OP(=O)(O)OP(=O)(O)O)[C@H](O)[C@@H]1O. The van der Waals surface area contributed by atoms with Crippen molar-refractivity contribution in [3.8, 4) is 0 Å². The van der Waals surface area contributed by atoms with Gasteiger partial charge in [0.25, 0.3) is 0 Å². The molecule has 1 aliphatic heterocycles. The van der Waals surface area contributed by atoms with Crippen LogP contribution >= 0.6 is 23.5 Å². The number of pyridine rings is 1. The molecule has 6 atom stereocenters. The zero-order valence-electron chi connectivity index (χ0n) is 14.5. The first kappa shape index (κ1) is 24.5. The molecule has 18 heteroatoms. The normalized spacial score (nSPS) is 29.3. The summed E-state index contributed by atoms with van der Waals surface area (Å²) in [6.07, 6.45) is -5.70. The minimum Gasteiger partial charge on any atom is -0.387 e. The number of nitrogens with one attached hydrogen (secondary N) is 1. The average Bonchev–Trinajstić information content (AvgIpc) is 2.78. The molecule has 166 valence electrons. The first-order valence-corrected chi connectivity index (χ1v) is 12.1. The van der Waals surface area contributed by atoms with Crippen LogP contribution in [0.5, 0.6) is 0 Å². The maximum absolute atomic E-state index is 11.7. The number of H-pyrrole nitrogens is 1. The lowest BCUT2D eigenvalue weighted by Gasteiger charge is -2.19. The highest BCUT2D eigenvalue weighted by Gasteiger charge is 2.46. The molecule has 15 nitrogen and oxygen atoms in total. The summed E-state index contributed by atoms with van der Waals surface area (Å²) in [5.41, 5.74) is 0.239. The number of aliphatic hydroxyl groups excluding tert-OH is 2. The van der Waals surface area contributed by atoms with E-state index in [0.717, 1.165) is 6.07 Å². The molecule has 0 bridgehead atoms. The molecule has 0 saturated carbocycles. The van der Waals surface area contributed by atoms with Gasteiger partial charge < -0.3 is 39.5 Å². The third-order valence-corrected chi connectivity index (χ3v) is 7.45. The van der Waals surface area contributed by atoms with Crippen LogP contribution in [0.25, 0.3) is 0 Å². The number of rotatable bonds is 8. The Hall–Kier alpha value is -0.760. The Morgan fingerprint density at radius 1 is 1.03 bits per heavy atom. The van der Waals surface area contributed by atoms with Gasteiger partial charge in [-0.05, 0) is 13.0 Å². The maximum atomic E-state index is 11.7. The summed E-state index contributed by atoms with van der Waals surface area (Å²) >= 11 is 0. The molecule has 1 saturated heterocycles. The molecule has 2 unspecified atom stereocenters. The zero-order valence-corrected chi connectivity index (χ0v) is 17.1. The lowest BCUT2D eigenvalue weighted by atomic mass is 10.0. The average molecular weight is 481 g/mol. The van der Waals surface area contributed by atoms with Crippen LogP contribution in [0, 0.1) is 6.92 Å². The third-order valence-electron chi connectivity index (χ3n) is 3.64. The molecular weight excluding hydrogens is 463 g/mol. The van der Waals surface area contributed by atoms with Crippen LogP contribution in [0.15, 0.2) is 16.9 Å². The molecule has 29 heavy (non-hydrogen) atoms. The van der Waals surface area contributed by atoms with E-state index in [1.54, 1.807) is 0 Å². The number of aromatic amines is 1. The smallest absolute Gasteiger partial charge is 0.387 e. The van der Waals surface area contributed by atoms with Crippen LogP contribution in [-0.2, 0) is 31.6 Å². The molecule has 0 aromatic carbocycles. The summed E-state index contributed by atoms with van der Waals surface area (Å²) in [7, 11) is -16.6. The highest BCUT2D eigenvalue weighted by Crippen LogP contribution is 2.66. The number of phosphoric ester groups is 1. The van der Waals surface area contributed by atoms with E-state index in [1.165, 1.54) is 13.0 Å². The third kappa shape index (κ3) is 6.88. The van der Waals surface area contributed by atoms with Gasteiger partial charge in [-0.2, -0.15) is 8.62 Å². The molecule has 0 amide bonds. The minimum atomic E-state index is -5.68. The highest BCUT2D eigenvalue weighted by molar-refractivity contribution is 7.66. The van der Waals surface area contributed by atoms with Gasteiger partial charge >= 0.3 is 23.5 Å². The lowest BCUT2D eigenvalue weighted by Crippen LogP contribution is -2.33. The fourth-order valence-electron chi connectivity index (χ4n) is 2.51. The monoisotopic (exact) mass is 481 g/mol. The number of hydrogen-bond acceptors (Lipinski definition) is 10. The summed E-state index contributed by atoms with van der Waals surface area (Å²) in [6, 6.07) is 2.50. The highest BCUT2D eigenvalue weighted by atomic mass is 31.3. The fraction of sp³-hybridized carbons (Fsp3) is 0.545. The predicted octanol–water partition coefficient (Wildman–Crippen LogP) is -0.812. The van der Waals surface area contributed by atoms with Crippen molar-refractivity contribution in [1.29, 1.82) is 0 Å². The second-order valence-corrected chi connectivity index (χ2v) is 10.3. The molecule has 1 aromatic heterocycles. The van der Waals surface area contributed by atoms with Crippen LogP contribution in [0.3, 0.4) is 0 Å². The van der Waals surface area contributed by atoms with Crippen LogP contribution in [0.1, 0.15) is 17.4 Å². The number of hydrogen-bond donors (Lipinski definition) is 7. The van der Waals surface area contributed by atoms with Gasteiger partial charge in [0, 0.05) is 17.3 Å². The Balaban J connectivity index is 2.05. The number of aryl methyl sites for hydroxylation is 1. The van der Waals surface area contributed by atoms with Crippen LogP contribution < -0.4 is 5.56 Å². The van der Waals surface area contributed by atoms with Gasteiger partial charge in [0.1, 0.15) is 24.4 Å². The summed E-state index contributed by atoms with van der Waals surface area (Å²) in [5, 5.41) is 20.2. The van der Waals surface area contributed by atoms with Crippen molar-refractivity contribution in [3.05, 3.63) is 33.7 Å². The van der Waals surface area contributed by atoms with Gasteiger partial charge in [-0.15, -0.1) is 0 Å². The number of ether oxygens (including phenoxy) is 1. The summed E-state index contributed by atoms with van der Waals surface area (Å²) in [4.78, 5) is 49.1. The minimum absolute atomic E-state index is 0.317. The quantitative estimate of drug-likeness (QED) is 0.225. The van der Waals surface area contributed by atoms with Crippen molar-refractivity contribution in [3.63, 3.8) is 0 Å². The van der Waals surface area contributed by atoms with E-state index in [0.29, 0.717) is 11.3 Å². The van der Waals surface area contributed by atoms with Gasteiger partial charge in [-0.3, -0.25) is 9.32 Å². The molecule has 0 radical (unpaired) electrons. The Morgan fingerprint density at radius 2 is 1.66 bits per heavy atom. The van der Waals surface area contributed by atoms with Gasteiger partial charge in [0.15, 0.2) is 0 Å². The molecule has 0 spiro atoms. The molecule has 1 fully saturated rings. The first-order chi connectivity index (χ1) is 13.1. The van der Waals surface area contributed by atoms with E-state index in [2.05, 4.69) is 18.1 Å². The van der Waals surface area contributed by atoms with Crippen molar-refractivity contribution in [2.75, 3.05) is 6.61 Å². The summed E-state index contributed by atoms with van der Waals surface area (Å²) in [5.74, 6) is 0. The van der Waals surface area contributed by atoms with Crippen molar-refractivity contribution in [2.24, 2.45) is 0 Å². The molecule has 1 aromatic rings. The van der Waals surface area contributed by atoms with Crippen molar-refractivity contribution >= 4 is 23.5 Å². The largest absolute Gasteiger partial charge is 0.490 e. The predicted molar refractivity (Wildman–Crippen MR) is 91.2 cm³/mol. The summed E-state index contributed by atoms with van der Waals surface area (Å²) in [6.45, 7) is 0.583. The Kier molecular flexibility index (Phi) is 7.41. The lowest BCUT2D eigenvalue weighted by molar-refractivity contribution is -0.0225. The zero-order chi connectivity index (χ0) is 22.2. The Labute approximate surface area is 162 Å². The van der Waals surface area contributed by atoms with E-state index in [9.17, 15) is 33.6 Å². The van der Waals surface area contributed by atoms with Crippen molar-refractivity contribution in [1.82, 2.24) is 4.98 Å². The van der Waals surface area contributed by atoms with E-state index < -0.39 is 60.1 Å². The molecule has 0 aliphatic carbocycles. The molecular formula is C11H18NO14P3. The van der Waals surface area contributed by atoms with Gasteiger partial charge in [-0.1, -0.05) is 0 Å². The molecule has 2 rings (SSSR count). The van der Waals surface area contributed by atoms with E-state index >= 15 is 0 Å². The Bertz CT molecular complexity index is 941. The molecule has 2 heterocycles. The second-order valence-electron chi connectivity index (χ2n) is 5.87. The standard InChI is InChI=1S/C11H18NO14P3/c1-5-6(2-3-8(13)12-5)11-10(15)9(14)7(24-11)4-23-28(19,20)26-29(21,22)25-27(16,17)18/h2-3,7,9-11,14-15H,4H2,1H3,(H,12,13)(H,19,20)(H,21,22)(H2,16,17,18)/t7-,9+,10+,11+/m1/s1. The van der Waals surface area contributed by atoms with Gasteiger partial charge in [0.2, 0.25) is 5.56 Å². The van der Waals surface area contributed by atoms with Gasteiger partial charge in [-0.25, -0.2) is 13.7 Å². The van der Waals surface area contributed by atoms with E-state index in [1.807, 2.05) is 0 Å². The van der Waals surface area contributed by atoms with Crippen molar-refractivity contribution < 1.29 is 61.4 Å². The van der Waals surface area contributed by atoms with E-state index in [-0.39, 0.29) is 0 Å². The van der Waals surface area contributed by atoms with Crippen molar-refractivity contribution in [2.45, 2.75) is 31.3 Å². The van der Waals surface area contributed by atoms with Gasteiger partial charge in [0.05, 0.1) is 6.61 Å². The van der Waals surface area contributed by atoms with Crippen LogP contribution in [0.2, 0.25) is 0 Å². The maximum Gasteiger partial charge on any atom is 0.490 e. The molecule has 7 N–H and O–H groups in total. The number of aromatic nitrogens is 1. The van der Waals surface area contributed by atoms with Crippen LogP contribution in [0.4, 0.5) is 0 Å².